The van der Waals surface area contributed by atoms with Gasteiger partial charge in [-0.3, -0.25) is 4.79 Å². The molecule has 0 saturated heterocycles. The van der Waals surface area contributed by atoms with Gasteiger partial charge in [0.1, 0.15) is 5.69 Å². The van der Waals surface area contributed by atoms with E-state index in [1.165, 1.54) is 23.1 Å². The first-order chi connectivity index (χ1) is 8.99. The molecule has 3 nitrogen and oxygen atoms in total. The second-order valence-electron chi connectivity index (χ2n) is 4.50. The maximum Gasteiger partial charge on any atom is 0.276 e. The molecule has 1 heterocycles. The maximum absolute atomic E-state index is 13.0. The number of hydrogen-bond acceptors (Lipinski definition) is 2. The number of anilines is 1. The van der Waals surface area contributed by atoms with E-state index in [1.54, 1.807) is 7.05 Å². The summed E-state index contributed by atoms with van der Waals surface area (Å²) in [6, 6.07) is 10.0. The van der Waals surface area contributed by atoms with Gasteiger partial charge in [-0.05, 0) is 37.6 Å². The Kier molecular flexibility index (Phi) is 3.60. The Morgan fingerprint density at radius 2 is 1.95 bits per heavy atom. The van der Waals surface area contributed by atoms with Crippen molar-refractivity contribution in [3.8, 4) is 0 Å². The van der Waals surface area contributed by atoms with Crippen LogP contribution in [0, 0.1) is 19.8 Å². The molecule has 0 aliphatic heterocycles. The molecular weight excluding hydrogens is 243 g/mol. The van der Waals surface area contributed by atoms with Crippen LogP contribution >= 0.6 is 0 Å². The van der Waals surface area contributed by atoms with Crippen molar-refractivity contribution in [1.29, 1.82) is 0 Å². The molecular formula is C15H15FN2O. The number of hydrogen-bond donors (Lipinski definition) is 0. The third-order valence-electron chi connectivity index (χ3n) is 2.95. The predicted octanol–water partition coefficient (Wildman–Crippen LogP) is 3.11. The molecule has 19 heavy (non-hydrogen) atoms. The molecule has 2 aromatic rings. The Bertz CT molecular complexity index is 625. The molecule has 98 valence electrons. The average molecular weight is 258 g/mol. The lowest BCUT2D eigenvalue weighted by atomic mass is 10.1. The van der Waals surface area contributed by atoms with E-state index < -0.39 is 5.95 Å². The molecule has 0 saturated carbocycles. The van der Waals surface area contributed by atoms with Gasteiger partial charge in [-0.15, -0.1) is 0 Å². The van der Waals surface area contributed by atoms with Crippen LogP contribution < -0.4 is 4.90 Å². The molecule has 0 aliphatic rings. The number of carbonyl (C=O) groups excluding carboxylic acids is 1. The van der Waals surface area contributed by atoms with Crippen LogP contribution in [0.15, 0.2) is 36.4 Å². The number of aryl methyl sites for hydroxylation is 2. The first kappa shape index (κ1) is 13.2. The molecule has 0 N–H and O–H groups in total. The number of halogens is 1. The Hall–Kier alpha value is -2.23. The lowest BCUT2D eigenvalue weighted by molar-refractivity contribution is 0.0987. The number of aromatic nitrogens is 1. The van der Waals surface area contributed by atoms with Crippen LogP contribution in [-0.2, 0) is 0 Å². The molecule has 0 spiro atoms. The summed E-state index contributed by atoms with van der Waals surface area (Å²) in [6.45, 7) is 3.93. The zero-order chi connectivity index (χ0) is 14.0. The summed E-state index contributed by atoms with van der Waals surface area (Å²) >= 11 is 0. The van der Waals surface area contributed by atoms with Crippen molar-refractivity contribution < 1.29 is 9.18 Å². The van der Waals surface area contributed by atoms with Crippen LogP contribution in [0.1, 0.15) is 21.6 Å². The van der Waals surface area contributed by atoms with Crippen LogP contribution in [0.3, 0.4) is 0 Å². The molecule has 1 aromatic heterocycles. The van der Waals surface area contributed by atoms with Gasteiger partial charge in [-0.2, -0.15) is 4.39 Å². The van der Waals surface area contributed by atoms with Crippen molar-refractivity contribution in [3.63, 3.8) is 0 Å². The van der Waals surface area contributed by atoms with E-state index in [2.05, 4.69) is 4.98 Å². The van der Waals surface area contributed by atoms with Gasteiger partial charge in [0.25, 0.3) is 5.91 Å². The molecule has 0 fully saturated rings. The molecule has 2 rings (SSSR count). The molecule has 0 atom stereocenters. The van der Waals surface area contributed by atoms with Gasteiger partial charge in [0.05, 0.1) is 0 Å². The normalized spacial score (nSPS) is 10.3. The predicted molar refractivity (Wildman–Crippen MR) is 72.8 cm³/mol. The zero-order valence-electron chi connectivity index (χ0n) is 11.1. The Morgan fingerprint density at radius 3 is 2.58 bits per heavy atom. The van der Waals surface area contributed by atoms with E-state index >= 15 is 0 Å². The fourth-order valence-electron chi connectivity index (χ4n) is 1.99. The molecule has 0 aliphatic carbocycles. The van der Waals surface area contributed by atoms with Crippen LogP contribution in [-0.4, -0.2) is 17.9 Å². The van der Waals surface area contributed by atoms with Crippen molar-refractivity contribution >= 4 is 11.6 Å². The van der Waals surface area contributed by atoms with Gasteiger partial charge < -0.3 is 4.90 Å². The molecule has 0 unspecified atom stereocenters. The zero-order valence-corrected chi connectivity index (χ0v) is 11.1. The average Bonchev–Trinajstić information content (AvgIpc) is 2.37. The fourth-order valence-corrected chi connectivity index (χ4v) is 1.99. The summed E-state index contributed by atoms with van der Waals surface area (Å²) in [5.41, 5.74) is 3.02. The number of rotatable bonds is 2. The largest absolute Gasteiger partial charge is 0.310 e. The number of benzene rings is 1. The van der Waals surface area contributed by atoms with Gasteiger partial charge in [0.2, 0.25) is 5.95 Å². The van der Waals surface area contributed by atoms with E-state index in [0.717, 1.165) is 16.8 Å². The highest BCUT2D eigenvalue weighted by Crippen LogP contribution is 2.21. The Morgan fingerprint density at radius 1 is 1.21 bits per heavy atom. The van der Waals surface area contributed by atoms with Gasteiger partial charge in [0, 0.05) is 12.7 Å². The van der Waals surface area contributed by atoms with Crippen molar-refractivity contribution in [2.24, 2.45) is 0 Å². The van der Waals surface area contributed by atoms with E-state index in [0.29, 0.717) is 0 Å². The molecule has 0 bridgehead atoms. The molecule has 1 amide bonds. The van der Waals surface area contributed by atoms with Crippen molar-refractivity contribution in [2.45, 2.75) is 13.8 Å². The van der Waals surface area contributed by atoms with Crippen molar-refractivity contribution in [3.05, 3.63) is 59.2 Å². The summed E-state index contributed by atoms with van der Waals surface area (Å²) in [7, 11) is 1.66. The molecule has 4 heteroatoms. The quantitative estimate of drug-likeness (QED) is 0.775. The SMILES string of the molecule is Cc1ccc(N(C)C(=O)c2cccc(F)n2)c(C)c1. The fraction of sp³-hybridized carbons (Fsp3) is 0.200. The summed E-state index contributed by atoms with van der Waals surface area (Å²) in [5, 5.41) is 0. The van der Waals surface area contributed by atoms with Crippen molar-refractivity contribution in [1.82, 2.24) is 4.98 Å². The van der Waals surface area contributed by atoms with E-state index in [1.807, 2.05) is 32.0 Å². The summed E-state index contributed by atoms with van der Waals surface area (Å²) in [4.78, 5) is 17.3. The van der Waals surface area contributed by atoms with Gasteiger partial charge in [0.15, 0.2) is 0 Å². The topological polar surface area (TPSA) is 33.2 Å². The maximum atomic E-state index is 13.0. The first-order valence-electron chi connectivity index (χ1n) is 5.97. The highest BCUT2D eigenvalue weighted by Gasteiger charge is 2.16. The Balaban J connectivity index is 2.33. The highest BCUT2D eigenvalue weighted by molar-refractivity contribution is 6.04. The minimum Gasteiger partial charge on any atom is -0.310 e. The van der Waals surface area contributed by atoms with E-state index in [9.17, 15) is 9.18 Å². The molecule has 0 radical (unpaired) electrons. The minimum absolute atomic E-state index is 0.0995. The van der Waals surface area contributed by atoms with Crippen LogP contribution in [0.4, 0.5) is 10.1 Å². The summed E-state index contributed by atoms with van der Waals surface area (Å²) in [5.74, 6) is -0.980. The molecule has 1 aromatic carbocycles. The van der Waals surface area contributed by atoms with Crippen LogP contribution in [0.5, 0.6) is 0 Å². The summed E-state index contributed by atoms with van der Waals surface area (Å²) in [6.07, 6.45) is 0. The highest BCUT2D eigenvalue weighted by atomic mass is 19.1. The standard InChI is InChI=1S/C15H15FN2O/c1-10-7-8-13(11(2)9-10)18(3)15(19)12-5-4-6-14(16)17-12/h4-9H,1-3H3. The lowest BCUT2D eigenvalue weighted by Crippen LogP contribution is -2.27. The Labute approximate surface area is 111 Å². The third kappa shape index (κ3) is 2.78. The number of carbonyl (C=O) groups is 1. The second kappa shape index (κ2) is 5.18. The first-order valence-corrected chi connectivity index (χ1v) is 5.97. The van der Waals surface area contributed by atoms with Gasteiger partial charge >= 0.3 is 0 Å². The lowest BCUT2D eigenvalue weighted by Gasteiger charge is -2.19. The van der Waals surface area contributed by atoms with Crippen molar-refractivity contribution in [2.75, 3.05) is 11.9 Å². The second-order valence-corrected chi connectivity index (χ2v) is 4.50. The van der Waals surface area contributed by atoms with Crippen LogP contribution in [0.2, 0.25) is 0 Å². The smallest absolute Gasteiger partial charge is 0.276 e. The van der Waals surface area contributed by atoms with Gasteiger partial charge in [-0.1, -0.05) is 23.8 Å². The third-order valence-corrected chi connectivity index (χ3v) is 2.95. The minimum atomic E-state index is -0.653. The number of amides is 1. The number of nitrogens with zero attached hydrogens (tertiary/aromatic N) is 2. The number of pyridine rings is 1. The van der Waals surface area contributed by atoms with E-state index in [-0.39, 0.29) is 11.6 Å². The van der Waals surface area contributed by atoms with Gasteiger partial charge in [-0.25, -0.2) is 4.98 Å². The summed E-state index contributed by atoms with van der Waals surface area (Å²) < 4.78 is 13.0. The monoisotopic (exact) mass is 258 g/mol. The van der Waals surface area contributed by atoms with E-state index in [4.69, 9.17) is 0 Å². The van der Waals surface area contributed by atoms with Crippen LogP contribution in [0.25, 0.3) is 0 Å².